The topological polar surface area (TPSA) is 0 Å². The lowest BCUT2D eigenvalue weighted by molar-refractivity contribution is 0.584. The third-order valence-electron chi connectivity index (χ3n) is 5.27. The van der Waals surface area contributed by atoms with Crippen molar-refractivity contribution in [3.8, 4) is 0 Å². The molecule has 0 atom stereocenters. The number of rotatable bonds is 3. The summed E-state index contributed by atoms with van der Waals surface area (Å²) in [5.41, 5.74) is 11.4. The lowest BCUT2D eigenvalue weighted by Crippen LogP contribution is -2.16. The van der Waals surface area contributed by atoms with Crippen molar-refractivity contribution in [3.63, 3.8) is 0 Å². The summed E-state index contributed by atoms with van der Waals surface area (Å²) in [6.45, 7) is 24.6. The average molecular weight is 349 g/mol. The number of benzene rings is 2. The summed E-state index contributed by atoms with van der Waals surface area (Å²) < 4.78 is 0. The summed E-state index contributed by atoms with van der Waals surface area (Å²) >= 11 is 0. The van der Waals surface area contributed by atoms with Gasteiger partial charge in [-0.2, -0.15) is 0 Å². The van der Waals surface area contributed by atoms with Gasteiger partial charge in [-0.05, 0) is 71.4 Å². The van der Waals surface area contributed by atoms with Crippen molar-refractivity contribution >= 4 is 6.08 Å². The van der Waals surface area contributed by atoms with Crippen LogP contribution in [0.1, 0.15) is 86.1 Å². The van der Waals surface area contributed by atoms with Gasteiger partial charge in [0.25, 0.3) is 0 Å². The lowest BCUT2D eigenvalue weighted by Gasteiger charge is -2.27. The highest BCUT2D eigenvalue weighted by Gasteiger charge is 2.22. The van der Waals surface area contributed by atoms with Crippen molar-refractivity contribution in [3.05, 3.63) is 75.4 Å². The summed E-state index contributed by atoms with van der Waals surface area (Å²) in [4.78, 5) is 0. The second-order valence-electron chi connectivity index (χ2n) is 9.86. The highest BCUT2D eigenvalue weighted by Crippen LogP contribution is 2.34. The van der Waals surface area contributed by atoms with E-state index in [1.807, 2.05) is 6.08 Å². The van der Waals surface area contributed by atoms with Crippen LogP contribution in [-0.2, 0) is 17.3 Å². The Labute approximate surface area is 161 Å². The van der Waals surface area contributed by atoms with E-state index >= 15 is 0 Å². The van der Waals surface area contributed by atoms with Gasteiger partial charge >= 0.3 is 0 Å². The van der Waals surface area contributed by atoms with E-state index in [1.165, 1.54) is 44.5 Å². The van der Waals surface area contributed by atoms with Crippen LogP contribution in [-0.4, -0.2) is 0 Å². The van der Waals surface area contributed by atoms with Crippen LogP contribution in [0, 0.1) is 20.8 Å². The fourth-order valence-corrected chi connectivity index (χ4v) is 3.98. The molecular weight excluding hydrogens is 312 g/mol. The fourth-order valence-electron chi connectivity index (χ4n) is 3.98. The molecule has 0 unspecified atom stereocenters. The van der Waals surface area contributed by atoms with Crippen molar-refractivity contribution in [2.24, 2.45) is 0 Å². The van der Waals surface area contributed by atoms with Crippen LogP contribution in [0.5, 0.6) is 0 Å². The van der Waals surface area contributed by atoms with Crippen LogP contribution < -0.4 is 0 Å². The van der Waals surface area contributed by atoms with E-state index in [-0.39, 0.29) is 10.8 Å². The molecule has 0 saturated heterocycles. The molecule has 2 aromatic rings. The zero-order valence-corrected chi connectivity index (χ0v) is 18.3. The second-order valence-corrected chi connectivity index (χ2v) is 9.86. The Bertz CT molecular complexity index is 821. The molecule has 0 aromatic heterocycles. The molecule has 26 heavy (non-hydrogen) atoms. The number of hydrogen-bond donors (Lipinski definition) is 0. The zero-order valence-electron chi connectivity index (χ0n) is 18.3. The average Bonchev–Trinajstić information content (AvgIpc) is 2.48. The summed E-state index contributed by atoms with van der Waals surface area (Å²) in [7, 11) is 0. The molecule has 140 valence electrons. The van der Waals surface area contributed by atoms with Gasteiger partial charge in [0, 0.05) is 0 Å². The molecule has 0 heteroatoms. The number of aryl methyl sites for hydroxylation is 2. The Morgan fingerprint density at radius 1 is 0.731 bits per heavy atom. The minimum absolute atomic E-state index is 0.114. The first kappa shape index (κ1) is 20.5. The molecule has 0 N–H and O–H groups in total. The molecule has 0 aliphatic carbocycles. The smallest absolute Gasteiger partial charge is 0.00168 e. The number of hydrogen-bond acceptors (Lipinski definition) is 0. The Morgan fingerprint density at radius 2 is 1.19 bits per heavy atom. The SMILES string of the molecule is C=Cc1c(Cc2cc(C)cc(C(C)(C)C)c2C)cc(C)cc1C(C)(C)C. The van der Waals surface area contributed by atoms with Crippen molar-refractivity contribution in [1.29, 1.82) is 0 Å². The predicted octanol–water partition coefficient (Wildman–Crippen LogP) is 7.44. The van der Waals surface area contributed by atoms with E-state index in [4.69, 9.17) is 0 Å². The lowest BCUT2D eigenvalue weighted by atomic mass is 9.78. The van der Waals surface area contributed by atoms with E-state index in [0.29, 0.717) is 0 Å². The standard InChI is InChI=1S/C26H36/c1-11-22-21(13-18(3)15-24(22)26(8,9)10)16-20-12-17(2)14-23(19(20)4)25(5,6)7/h11-15H,1,16H2,2-10H3. The maximum absolute atomic E-state index is 4.13. The van der Waals surface area contributed by atoms with E-state index in [2.05, 4.69) is 93.2 Å². The minimum atomic E-state index is 0.114. The van der Waals surface area contributed by atoms with Gasteiger partial charge in [0.2, 0.25) is 0 Å². The second kappa shape index (κ2) is 7.06. The van der Waals surface area contributed by atoms with Gasteiger partial charge < -0.3 is 0 Å². The van der Waals surface area contributed by atoms with Crippen LogP contribution in [0.4, 0.5) is 0 Å². The first-order valence-electron chi connectivity index (χ1n) is 9.71. The molecule has 0 saturated carbocycles. The summed E-state index contributed by atoms with van der Waals surface area (Å²) in [6.07, 6.45) is 3.01. The van der Waals surface area contributed by atoms with Gasteiger partial charge in [-0.3, -0.25) is 0 Å². The van der Waals surface area contributed by atoms with Crippen molar-refractivity contribution in [2.45, 2.75) is 79.6 Å². The highest BCUT2D eigenvalue weighted by molar-refractivity contribution is 5.61. The quantitative estimate of drug-likeness (QED) is 0.540. The van der Waals surface area contributed by atoms with Crippen molar-refractivity contribution < 1.29 is 0 Å². The molecule has 2 rings (SSSR count). The van der Waals surface area contributed by atoms with Gasteiger partial charge in [0.05, 0.1) is 0 Å². The minimum Gasteiger partial charge on any atom is -0.0984 e. The highest BCUT2D eigenvalue weighted by atomic mass is 14.3. The van der Waals surface area contributed by atoms with E-state index < -0.39 is 0 Å². The molecule has 0 bridgehead atoms. The maximum atomic E-state index is 4.13. The molecule has 0 heterocycles. The molecule has 0 spiro atoms. The first-order valence-corrected chi connectivity index (χ1v) is 9.71. The molecule has 0 nitrogen and oxygen atoms in total. The monoisotopic (exact) mass is 348 g/mol. The Kier molecular flexibility index (Phi) is 5.57. The summed E-state index contributed by atoms with van der Waals surface area (Å²) in [5.74, 6) is 0. The largest absolute Gasteiger partial charge is 0.0984 e. The zero-order chi connectivity index (χ0) is 19.9. The summed E-state index contributed by atoms with van der Waals surface area (Å²) in [6, 6.07) is 9.37. The van der Waals surface area contributed by atoms with Crippen LogP contribution in [0.25, 0.3) is 6.08 Å². The summed E-state index contributed by atoms with van der Waals surface area (Å²) in [5, 5.41) is 0. The van der Waals surface area contributed by atoms with Gasteiger partial charge in [-0.25, -0.2) is 0 Å². The molecule has 0 fully saturated rings. The Morgan fingerprint density at radius 3 is 1.65 bits per heavy atom. The Hall–Kier alpha value is -1.82. The van der Waals surface area contributed by atoms with Crippen LogP contribution >= 0.6 is 0 Å². The molecule has 0 radical (unpaired) electrons. The predicted molar refractivity (Wildman–Crippen MR) is 117 cm³/mol. The van der Waals surface area contributed by atoms with Crippen LogP contribution in [0.15, 0.2) is 30.8 Å². The molecular formula is C26H36. The third kappa shape index (κ3) is 4.29. The first-order chi connectivity index (χ1) is 11.8. The van der Waals surface area contributed by atoms with Crippen LogP contribution in [0.3, 0.4) is 0 Å². The molecule has 0 aliphatic heterocycles. The van der Waals surface area contributed by atoms with E-state index in [9.17, 15) is 0 Å². The maximum Gasteiger partial charge on any atom is -0.00168 e. The van der Waals surface area contributed by atoms with E-state index in [0.717, 1.165) is 6.42 Å². The molecule has 0 amide bonds. The molecule has 0 aliphatic rings. The van der Waals surface area contributed by atoms with Gasteiger partial charge in [-0.1, -0.05) is 89.6 Å². The fraction of sp³-hybridized carbons (Fsp3) is 0.462. The third-order valence-corrected chi connectivity index (χ3v) is 5.27. The van der Waals surface area contributed by atoms with Crippen LogP contribution in [0.2, 0.25) is 0 Å². The van der Waals surface area contributed by atoms with E-state index in [1.54, 1.807) is 0 Å². The van der Waals surface area contributed by atoms with Crippen molar-refractivity contribution in [1.82, 2.24) is 0 Å². The molecule has 2 aromatic carbocycles. The van der Waals surface area contributed by atoms with Crippen molar-refractivity contribution in [2.75, 3.05) is 0 Å². The normalized spacial score (nSPS) is 12.3. The van der Waals surface area contributed by atoms with Gasteiger partial charge in [0.1, 0.15) is 0 Å². The van der Waals surface area contributed by atoms with Gasteiger partial charge in [-0.15, -0.1) is 0 Å². The Balaban J connectivity index is 2.65. The van der Waals surface area contributed by atoms with Gasteiger partial charge in [0.15, 0.2) is 0 Å².